The number of amides is 1. The molecule has 0 saturated carbocycles. The average molecular weight is 402 g/mol. The largest absolute Gasteiger partial charge is 0.491 e. The number of hydrogen-bond acceptors (Lipinski definition) is 3. The van der Waals surface area contributed by atoms with Gasteiger partial charge in [0.25, 0.3) is 0 Å². The number of nitrogens with zero attached hydrogens (tertiary/aromatic N) is 2. The van der Waals surface area contributed by atoms with Crippen molar-refractivity contribution in [3.8, 4) is 11.4 Å². The lowest BCUT2D eigenvalue weighted by molar-refractivity contribution is -0.115. The Bertz CT molecular complexity index is 1000. The fraction of sp³-hybridized carbons (Fsp3) is 0.238. The molecule has 1 amide bonds. The van der Waals surface area contributed by atoms with Gasteiger partial charge in [0.05, 0.1) is 24.4 Å². The van der Waals surface area contributed by atoms with Gasteiger partial charge in [-0.05, 0) is 57.2 Å². The Labute approximate surface area is 168 Å². The van der Waals surface area contributed by atoms with E-state index in [1.807, 2.05) is 26.0 Å². The highest BCUT2D eigenvalue weighted by atomic mass is 35.5. The molecule has 0 fully saturated rings. The minimum Gasteiger partial charge on any atom is -0.491 e. The molecule has 7 heteroatoms. The van der Waals surface area contributed by atoms with Crippen molar-refractivity contribution < 1.29 is 13.9 Å². The molecular weight excluding hydrogens is 381 g/mol. The van der Waals surface area contributed by atoms with Crippen molar-refractivity contribution in [2.75, 3.05) is 11.9 Å². The van der Waals surface area contributed by atoms with Crippen LogP contribution in [0, 0.1) is 19.7 Å². The Balaban J connectivity index is 1.76. The van der Waals surface area contributed by atoms with Crippen molar-refractivity contribution in [2.45, 2.75) is 27.2 Å². The molecule has 3 aromatic rings. The molecule has 1 N–H and O–H groups in total. The van der Waals surface area contributed by atoms with E-state index in [0.717, 1.165) is 22.6 Å². The second kappa shape index (κ2) is 8.44. The molecule has 0 aliphatic carbocycles. The maximum atomic E-state index is 14.0. The topological polar surface area (TPSA) is 56.1 Å². The van der Waals surface area contributed by atoms with Crippen molar-refractivity contribution in [3.05, 3.63) is 70.3 Å². The molecule has 0 aliphatic rings. The van der Waals surface area contributed by atoms with Crippen LogP contribution in [0.25, 0.3) is 5.69 Å². The van der Waals surface area contributed by atoms with Crippen LogP contribution in [0.1, 0.15) is 23.9 Å². The average Bonchev–Trinajstić information content (AvgIpc) is 2.93. The predicted octanol–water partition coefficient (Wildman–Crippen LogP) is 4.86. The Morgan fingerprint density at radius 1 is 1.21 bits per heavy atom. The number of ether oxygens (including phenoxy) is 1. The number of halogens is 2. The lowest BCUT2D eigenvalue weighted by atomic mass is 10.1. The fourth-order valence-electron chi connectivity index (χ4n) is 2.98. The van der Waals surface area contributed by atoms with Crippen LogP contribution in [-0.2, 0) is 11.2 Å². The van der Waals surface area contributed by atoms with Crippen LogP contribution in [-0.4, -0.2) is 22.3 Å². The zero-order valence-electron chi connectivity index (χ0n) is 15.9. The van der Waals surface area contributed by atoms with Gasteiger partial charge in [-0.1, -0.05) is 11.6 Å². The van der Waals surface area contributed by atoms with E-state index in [1.54, 1.807) is 29.8 Å². The van der Waals surface area contributed by atoms with Gasteiger partial charge in [-0.3, -0.25) is 4.79 Å². The Kier molecular flexibility index (Phi) is 5.99. The predicted molar refractivity (Wildman–Crippen MR) is 108 cm³/mol. The summed E-state index contributed by atoms with van der Waals surface area (Å²) in [6, 6.07) is 11.7. The van der Waals surface area contributed by atoms with E-state index in [-0.39, 0.29) is 18.1 Å². The molecule has 0 saturated heterocycles. The van der Waals surface area contributed by atoms with E-state index in [2.05, 4.69) is 10.4 Å². The minimum atomic E-state index is -0.512. The van der Waals surface area contributed by atoms with Crippen LogP contribution in [0.4, 0.5) is 10.1 Å². The third kappa shape index (κ3) is 4.34. The molecule has 0 spiro atoms. The number of carbonyl (C=O) groups excluding carboxylic acids is 1. The molecular formula is C21H21ClFN3O2. The van der Waals surface area contributed by atoms with E-state index in [4.69, 9.17) is 16.3 Å². The minimum absolute atomic E-state index is 0.139. The normalized spacial score (nSPS) is 10.8. The van der Waals surface area contributed by atoms with E-state index in [1.165, 1.54) is 12.1 Å². The van der Waals surface area contributed by atoms with Crippen LogP contribution in [0.5, 0.6) is 5.75 Å². The van der Waals surface area contributed by atoms with Crippen molar-refractivity contribution in [2.24, 2.45) is 0 Å². The molecule has 146 valence electrons. The summed E-state index contributed by atoms with van der Waals surface area (Å²) >= 11 is 5.94. The first kappa shape index (κ1) is 19.9. The van der Waals surface area contributed by atoms with Crippen LogP contribution in [0.3, 0.4) is 0 Å². The number of nitrogens with one attached hydrogen (secondary N) is 1. The zero-order valence-corrected chi connectivity index (χ0v) is 16.7. The maximum Gasteiger partial charge on any atom is 0.228 e. The number of carbonyl (C=O) groups is 1. The van der Waals surface area contributed by atoms with E-state index < -0.39 is 5.82 Å². The maximum absolute atomic E-state index is 14.0. The molecule has 0 aliphatic heterocycles. The number of benzene rings is 2. The molecule has 2 aromatic carbocycles. The Morgan fingerprint density at radius 3 is 2.57 bits per heavy atom. The van der Waals surface area contributed by atoms with E-state index in [9.17, 15) is 9.18 Å². The Morgan fingerprint density at radius 2 is 1.93 bits per heavy atom. The fourth-order valence-corrected chi connectivity index (χ4v) is 3.11. The molecule has 0 unspecified atom stereocenters. The standard InChI is InChI=1S/C21H21ClFN3O2/c1-4-28-20-10-7-16(11-19(20)23)24-21(27)12-18-13(2)25-26(14(18)3)17-8-5-15(22)6-9-17/h5-11H,4,12H2,1-3H3,(H,24,27). The van der Waals surface area contributed by atoms with Crippen LogP contribution < -0.4 is 10.1 Å². The molecule has 0 bridgehead atoms. The second-order valence-electron chi connectivity index (χ2n) is 6.34. The third-order valence-corrected chi connectivity index (χ3v) is 4.62. The van der Waals surface area contributed by atoms with Crippen molar-refractivity contribution in [1.29, 1.82) is 0 Å². The third-order valence-electron chi connectivity index (χ3n) is 4.37. The molecule has 28 heavy (non-hydrogen) atoms. The SMILES string of the molecule is CCOc1ccc(NC(=O)Cc2c(C)nn(-c3ccc(Cl)cc3)c2C)cc1F. The van der Waals surface area contributed by atoms with E-state index in [0.29, 0.717) is 17.3 Å². The molecule has 0 radical (unpaired) electrons. The van der Waals surface area contributed by atoms with Crippen molar-refractivity contribution >= 4 is 23.2 Å². The van der Waals surface area contributed by atoms with Crippen LogP contribution in [0.15, 0.2) is 42.5 Å². The van der Waals surface area contributed by atoms with Gasteiger partial charge in [-0.25, -0.2) is 9.07 Å². The first-order chi connectivity index (χ1) is 13.4. The first-order valence-corrected chi connectivity index (χ1v) is 9.30. The molecule has 5 nitrogen and oxygen atoms in total. The molecule has 3 rings (SSSR count). The monoisotopic (exact) mass is 401 g/mol. The van der Waals surface area contributed by atoms with Gasteiger partial charge in [0.15, 0.2) is 11.6 Å². The van der Waals surface area contributed by atoms with Crippen molar-refractivity contribution in [1.82, 2.24) is 9.78 Å². The molecule has 0 atom stereocenters. The summed E-state index contributed by atoms with van der Waals surface area (Å²) in [5, 5.41) is 7.90. The van der Waals surface area contributed by atoms with Gasteiger partial charge in [-0.15, -0.1) is 0 Å². The molecule has 1 aromatic heterocycles. The highest BCUT2D eigenvalue weighted by Crippen LogP contribution is 2.23. The van der Waals surface area contributed by atoms with Gasteiger partial charge in [0, 0.05) is 28.0 Å². The van der Waals surface area contributed by atoms with Gasteiger partial charge in [0.2, 0.25) is 5.91 Å². The summed E-state index contributed by atoms with van der Waals surface area (Å²) in [4.78, 5) is 12.5. The lowest BCUT2D eigenvalue weighted by Crippen LogP contribution is -2.15. The van der Waals surface area contributed by atoms with Gasteiger partial charge < -0.3 is 10.1 Å². The summed E-state index contributed by atoms with van der Waals surface area (Å²) in [6.45, 7) is 5.93. The van der Waals surface area contributed by atoms with Crippen LogP contribution >= 0.6 is 11.6 Å². The van der Waals surface area contributed by atoms with E-state index >= 15 is 0 Å². The quantitative estimate of drug-likeness (QED) is 0.641. The number of hydrogen-bond donors (Lipinski definition) is 1. The molecule has 1 heterocycles. The van der Waals surface area contributed by atoms with Gasteiger partial charge >= 0.3 is 0 Å². The summed E-state index contributed by atoms with van der Waals surface area (Å²) < 4.78 is 20.9. The summed E-state index contributed by atoms with van der Waals surface area (Å²) in [5.74, 6) is -0.593. The van der Waals surface area contributed by atoms with Crippen LogP contribution in [0.2, 0.25) is 5.02 Å². The second-order valence-corrected chi connectivity index (χ2v) is 6.78. The number of anilines is 1. The highest BCUT2D eigenvalue weighted by molar-refractivity contribution is 6.30. The number of aromatic nitrogens is 2. The summed E-state index contributed by atoms with van der Waals surface area (Å²) in [5.41, 5.74) is 3.71. The zero-order chi connectivity index (χ0) is 20.3. The lowest BCUT2D eigenvalue weighted by Gasteiger charge is -2.09. The smallest absolute Gasteiger partial charge is 0.228 e. The Hall–Kier alpha value is -2.86. The van der Waals surface area contributed by atoms with Gasteiger partial charge in [-0.2, -0.15) is 5.10 Å². The number of rotatable bonds is 6. The van der Waals surface area contributed by atoms with Gasteiger partial charge in [0.1, 0.15) is 0 Å². The summed E-state index contributed by atoms with van der Waals surface area (Å²) in [6.07, 6.45) is 0.139. The first-order valence-electron chi connectivity index (χ1n) is 8.92. The van der Waals surface area contributed by atoms with Crippen molar-refractivity contribution in [3.63, 3.8) is 0 Å². The summed E-state index contributed by atoms with van der Waals surface area (Å²) in [7, 11) is 0. The number of aryl methyl sites for hydroxylation is 1. The highest BCUT2D eigenvalue weighted by Gasteiger charge is 2.16.